The minimum absolute atomic E-state index is 0. The largest absolute Gasteiger partial charge is 1.00 e. The van der Waals surface area contributed by atoms with Crippen molar-refractivity contribution in [3.05, 3.63) is 55.8 Å². The van der Waals surface area contributed by atoms with Crippen molar-refractivity contribution in [2.75, 3.05) is 0 Å². The first-order valence-corrected chi connectivity index (χ1v) is 3.56. The first-order valence-electron chi connectivity index (χ1n) is 3.56. The zero-order valence-corrected chi connectivity index (χ0v) is 10.6. The molecule has 0 aromatic heterocycles. The van der Waals surface area contributed by atoms with Crippen LogP contribution in [0.3, 0.4) is 0 Å². The van der Waals surface area contributed by atoms with Crippen molar-refractivity contribution >= 4 is 0 Å². The Morgan fingerprint density at radius 2 is 0.682 bits per heavy atom. The van der Waals surface area contributed by atoms with Crippen LogP contribution in [0.2, 0.25) is 0 Å². The molecule has 0 heterocycles. The van der Waals surface area contributed by atoms with E-state index in [0.29, 0.717) is 0 Å². The van der Waals surface area contributed by atoms with Gasteiger partial charge in [-0.15, -0.1) is 40.5 Å². The normalized spacial score (nSPS) is 8.73. The Hall–Kier alpha value is -3.26. The maximum Gasteiger partial charge on any atom is 1.00 e. The van der Waals surface area contributed by atoms with Crippen molar-refractivity contribution in [3.8, 4) is 0 Å². The van der Waals surface area contributed by atoms with Gasteiger partial charge in [0, 0.05) is 0 Å². The smallest absolute Gasteiger partial charge is 0.356 e. The molecular formula is CAgN5O15. The van der Waals surface area contributed by atoms with Gasteiger partial charge >= 0.3 is 48.9 Å². The van der Waals surface area contributed by atoms with E-state index in [4.69, 9.17) is 15.3 Å². The Morgan fingerprint density at radius 3 is 0.773 bits per heavy atom. The molecule has 0 rings (SSSR count). The van der Waals surface area contributed by atoms with E-state index in [2.05, 4.69) is 19.4 Å². The fraction of sp³-hybridized carbons (Fsp3) is 1.00. The molecule has 0 fully saturated rings. The summed E-state index contributed by atoms with van der Waals surface area (Å²) in [6.07, 6.45) is -4.21. The molecule has 0 atom stereocenters. The van der Waals surface area contributed by atoms with Crippen molar-refractivity contribution in [1.29, 1.82) is 0 Å². The van der Waals surface area contributed by atoms with Crippen LogP contribution >= 0.6 is 0 Å². The molecule has 21 heteroatoms. The second kappa shape index (κ2) is 10.5. The molecule has 0 aliphatic carbocycles. The summed E-state index contributed by atoms with van der Waals surface area (Å²) in [6, 6.07) is 0. The zero-order valence-electron chi connectivity index (χ0n) is 9.16. The van der Waals surface area contributed by atoms with Crippen molar-refractivity contribution in [1.82, 2.24) is 0 Å². The van der Waals surface area contributed by atoms with E-state index in [1.54, 1.807) is 0 Å². The van der Waals surface area contributed by atoms with Gasteiger partial charge in [-0.3, -0.25) is 0 Å². The Morgan fingerprint density at radius 1 is 0.545 bits per heavy atom. The molecule has 0 radical (unpaired) electrons. The zero-order chi connectivity index (χ0) is 17.2. The molecule has 0 saturated carbocycles. The molecule has 0 aromatic rings. The van der Waals surface area contributed by atoms with Crippen molar-refractivity contribution in [2.45, 2.75) is 6.16 Å². The molecule has 0 spiro atoms. The van der Waals surface area contributed by atoms with Gasteiger partial charge < -0.3 is 15.3 Å². The molecule has 20 nitrogen and oxygen atoms in total. The summed E-state index contributed by atoms with van der Waals surface area (Å²) < 4.78 is 0. The van der Waals surface area contributed by atoms with E-state index < -0.39 is 31.6 Å². The summed E-state index contributed by atoms with van der Waals surface area (Å²) in [6.45, 7) is 0. The minimum atomic E-state index is -4.21. The summed E-state index contributed by atoms with van der Waals surface area (Å²) in [5.41, 5.74) is 0. The molecule has 0 saturated heterocycles. The fourth-order valence-corrected chi connectivity index (χ4v) is 0.465. The van der Waals surface area contributed by atoms with Gasteiger partial charge in [0.05, 0.1) is 5.09 Å². The van der Waals surface area contributed by atoms with Gasteiger partial charge in [0.25, 0.3) is 0 Å². The van der Waals surface area contributed by atoms with Crippen LogP contribution in [0.4, 0.5) is 0 Å². The van der Waals surface area contributed by atoms with Crippen LogP contribution in [0.1, 0.15) is 0 Å². The molecule has 130 valence electrons. The topological polar surface area (TPSA) is 276 Å². The predicted octanol–water partition coefficient (Wildman–Crippen LogP) is -1.81. The van der Waals surface area contributed by atoms with Gasteiger partial charge in [-0.05, 0) is 0 Å². The maximum absolute atomic E-state index is 9.83. The van der Waals surface area contributed by atoms with E-state index >= 15 is 0 Å². The molecule has 22 heavy (non-hydrogen) atoms. The van der Waals surface area contributed by atoms with E-state index in [1.165, 1.54) is 0 Å². The first kappa shape index (κ1) is 23.8. The fourth-order valence-electron chi connectivity index (χ4n) is 0.465. The Bertz CT molecular complexity index is 358. The first-order chi connectivity index (χ1) is 9.40. The van der Waals surface area contributed by atoms with Gasteiger partial charge in [0.2, 0.25) is 0 Å². The van der Waals surface area contributed by atoms with Crippen LogP contribution < -0.4 is 0 Å². The molecule has 0 N–H and O–H groups in total. The van der Waals surface area contributed by atoms with Gasteiger partial charge in [-0.25, -0.2) is 19.4 Å². The van der Waals surface area contributed by atoms with E-state index in [0.717, 1.165) is 0 Å². The molecule has 0 bridgehead atoms. The summed E-state index contributed by atoms with van der Waals surface area (Å²) in [7, 11) is 0. The third-order valence-electron chi connectivity index (χ3n) is 0.745. The van der Waals surface area contributed by atoms with E-state index in [9.17, 15) is 40.5 Å². The average Bonchev–Trinajstić information content (AvgIpc) is 2.08. The van der Waals surface area contributed by atoms with E-state index in [-0.39, 0.29) is 22.4 Å². The van der Waals surface area contributed by atoms with Gasteiger partial charge in [-0.2, -0.15) is 0 Å². The summed E-state index contributed by atoms with van der Waals surface area (Å²) >= 11 is 0. The third-order valence-corrected chi connectivity index (χ3v) is 0.745. The average molecular weight is 430 g/mol. The Kier molecular flexibility index (Phi) is 11.4. The number of hydrogen-bond donors (Lipinski definition) is 0. The number of nitrogens with zero attached hydrogens (tertiary/aromatic N) is 5. The second-order valence-electron chi connectivity index (χ2n) is 1.98. The monoisotopic (exact) mass is 429 g/mol. The summed E-state index contributed by atoms with van der Waals surface area (Å²) in [5, 5.41) is 46.5. The Balaban J connectivity index is -0.000000640. The summed E-state index contributed by atoms with van der Waals surface area (Å²) in [5.74, 6) is 0. The minimum Gasteiger partial charge on any atom is -0.356 e. The summed E-state index contributed by atoms with van der Waals surface area (Å²) in [4.78, 5) is 60.0. The van der Waals surface area contributed by atoms with Crippen LogP contribution in [0.15, 0.2) is 0 Å². The van der Waals surface area contributed by atoms with E-state index in [1.807, 2.05) is 0 Å². The van der Waals surface area contributed by atoms with Gasteiger partial charge in [-0.1, -0.05) is 0 Å². The van der Waals surface area contributed by atoms with Crippen molar-refractivity contribution in [2.24, 2.45) is 0 Å². The third kappa shape index (κ3) is 14.8. The van der Waals surface area contributed by atoms with Gasteiger partial charge in [0.15, 0.2) is 0 Å². The number of rotatable bonds is 8. The molecule has 0 aliphatic rings. The van der Waals surface area contributed by atoms with Crippen molar-refractivity contribution in [3.63, 3.8) is 0 Å². The van der Waals surface area contributed by atoms with Crippen LogP contribution in [-0.4, -0.2) is 31.6 Å². The van der Waals surface area contributed by atoms with Gasteiger partial charge in [0.1, 0.15) is 0 Å². The quantitative estimate of drug-likeness (QED) is 0.177. The molecule has 0 aromatic carbocycles. The molecular weight excluding hydrogens is 430 g/mol. The van der Waals surface area contributed by atoms with Crippen LogP contribution in [-0.2, 0) is 41.7 Å². The molecule has 0 aliphatic heterocycles. The molecule has 0 unspecified atom stereocenters. The SMILES string of the molecule is O=[N+]([O-])OC(O[N+](=O)[O-])(O[N+](=O)[O-])O[N+](=O)[O-].O=[N+]([O-])[O-].[Ag+]. The molecule has 0 amide bonds. The van der Waals surface area contributed by atoms with Crippen LogP contribution in [0.25, 0.3) is 0 Å². The van der Waals surface area contributed by atoms with Crippen LogP contribution in [0.5, 0.6) is 0 Å². The van der Waals surface area contributed by atoms with Crippen LogP contribution in [0, 0.1) is 55.8 Å². The predicted molar refractivity (Wildman–Crippen MR) is 45.4 cm³/mol. The maximum atomic E-state index is 9.83. The Labute approximate surface area is 130 Å². The second-order valence-corrected chi connectivity index (χ2v) is 1.98. The van der Waals surface area contributed by atoms with Crippen molar-refractivity contribution < 1.29 is 67.2 Å². The number of hydrogen-bond acceptors (Lipinski definition) is 15. The standard InChI is InChI=1S/CN4O12.Ag.NO3/c6-2(7)14-1(15-3(8)9,16-4(10)11)17-5(12)13;;2-1(3)4/q;+1;-1.